The van der Waals surface area contributed by atoms with E-state index in [9.17, 15) is 13.6 Å². The molecule has 0 saturated heterocycles. The molecule has 2 heterocycles. The van der Waals surface area contributed by atoms with Crippen LogP contribution in [0.3, 0.4) is 0 Å². The minimum Gasteiger partial charge on any atom is -0.417 e. The number of ether oxygens (including phenoxy) is 1. The van der Waals surface area contributed by atoms with Crippen molar-refractivity contribution < 1.29 is 18.3 Å². The molecule has 0 bridgehead atoms. The SMILES string of the molecule is NNC(=O)c1ccnc(-c2ccc(OC(F)F)nc2)n1. The Hall–Kier alpha value is -2.68. The maximum absolute atomic E-state index is 12.0. The summed E-state index contributed by atoms with van der Waals surface area (Å²) in [7, 11) is 0. The van der Waals surface area contributed by atoms with Crippen molar-refractivity contribution >= 4 is 5.91 Å². The third kappa shape index (κ3) is 3.20. The summed E-state index contributed by atoms with van der Waals surface area (Å²) in [6.07, 6.45) is 2.63. The number of nitrogens with one attached hydrogen (secondary N) is 1. The number of aromatic nitrogens is 3. The Labute approximate surface area is 111 Å². The number of nitrogens with zero attached hydrogens (tertiary/aromatic N) is 3. The van der Waals surface area contributed by atoms with Crippen LogP contribution in [-0.4, -0.2) is 27.5 Å². The molecule has 0 radical (unpaired) electrons. The summed E-state index contributed by atoms with van der Waals surface area (Å²) >= 11 is 0. The molecule has 7 nitrogen and oxygen atoms in total. The summed E-state index contributed by atoms with van der Waals surface area (Å²) in [6, 6.07) is 4.08. The molecule has 20 heavy (non-hydrogen) atoms. The maximum Gasteiger partial charge on any atom is 0.388 e. The van der Waals surface area contributed by atoms with Crippen LogP contribution in [0.4, 0.5) is 8.78 Å². The Kier molecular flexibility index (Phi) is 4.11. The number of carbonyl (C=O) groups excluding carboxylic acids is 1. The molecular weight excluding hydrogens is 272 g/mol. The van der Waals surface area contributed by atoms with E-state index in [-0.39, 0.29) is 17.4 Å². The fourth-order valence-corrected chi connectivity index (χ4v) is 1.37. The van der Waals surface area contributed by atoms with Gasteiger partial charge in [0.05, 0.1) is 0 Å². The van der Waals surface area contributed by atoms with Crippen molar-refractivity contribution in [1.82, 2.24) is 20.4 Å². The molecule has 3 N–H and O–H groups in total. The van der Waals surface area contributed by atoms with Crippen molar-refractivity contribution in [2.45, 2.75) is 6.61 Å². The molecule has 104 valence electrons. The van der Waals surface area contributed by atoms with E-state index in [1.807, 2.05) is 5.43 Å². The lowest BCUT2D eigenvalue weighted by Crippen LogP contribution is -2.30. The Morgan fingerprint density at radius 1 is 1.30 bits per heavy atom. The van der Waals surface area contributed by atoms with Crippen molar-refractivity contribution in [2.24, 2.45) is 5.84 Å². The molecule has 9 heteroatoms. The molecule has 0 spiro atoms. The van der Waals surface area contributed by atoms with Crippen LogP contribution in [0.25, 0.3) is 11.4 Å². The highest BCUT2D eigenvalue weighted by atomic mass is 19.3. The highest BCUT2D eigenvalue weighted by Gasteiger charge is 2.10. The van der Waals surface area contributed by atoms with Crippen molar-refractivity contribution in [1.29, 1.82) is 0 Å². The average molecular weight is 281 g/mol. The highest BCUT2D eigenvalue weighted by molar-refractivity contribution is 5.92. The van der Waals surface area contributed by atoms with E-state index in [1.54, 1.807) is 0 Å². The van der Waals surface area contributed by atoms with Gasteiger partial charge in [0.25, 0.3) is 5.91 Å². The lowest BCUT2D eigenvalue weighted by atomic mass is 10.2. The molecule has 0 aliphatic heterocycles. The summed E-state index contributed by atoms with van der Waals surface area (Å²) in [5, 5.41) is 0. The number of hydrogen-bond acceptors (Lipinski definition) is 6. The molecule has 0 saturated carbocycles. The molecule has 0 aliphatic carbocycles. The summed E-state index contributed by atoms with van der Waals surface area (Å²) in [5.41, 5.74) is 2.46. The molecule has 0 fully saturated rings. The Bertz CT molecular complexity index is 606. The van der Waals surface area contributed by atoms with Crippen LogP contribution in [-0.2, 0) is 0 Å². The van der Waals surface area contributed by atoms with E-state index in [0.29, 0.717) is 5.56 Å². The van der Waals surface area contributed by atoms with Gasteiger partial charge in [0.2, 0.25) is 5.88 Å². The van der Waals surface area contributed by atoms with Crippen molar-refractivity contribution in [2.75, 3.05) is 0 Å². The minimum absolute atomic E-state index is 0.0745. The third-order valence-corrected chi connectivity index (χ3v) is 2.22. The lowest BCUT2D eigenvalue weighted by molar-refractivity contribution is -0.0528. The zero-order valence-electron chi connectivity index (χ0n) is 9.96. The minimum atomic E-state index is -2.94. The van der Waals surface area contributed by atoms with Crippen LogP contribution in [0.5, 0.6) is 5.88 Å². The van der Waals surface area contributed by atoms with Gasteiger partial charge in [-0.1, -0.05) is 0 Å². The quantitative estimate of drug-likeness (QED) is 0.487. The smallest absolute Gasteiger partial charge is 0.388 e. The van der Waals surface area contributed by atoms with Gasteiger partial charge >= 0.3 is 6.61 Å². The first-order chi connectivity index (χ1) is 9.60. The molecule has 2 aromatic heterocycles. The van der Waals surface area contributed by atoms with Gasteiger partial charge in [0, 0.05) is 24.0 Å². The second-order valence-corrected chi connectivity index (χ2v) is 3.50. The molecule has 0 aromatic carbocycles. The molecule has 1 amide bonds. The van der Waals surface area contributed by atoms with Gasteiger partial charge in [-0.3, -0.25) is 10.2 Å². The number of nitrogens with two attached hydrogens (primary N) is 1. The van der Waals surface area contributed by atoms with Gasteiger partial charge < -0.3 is 4.74 Å². The second-order valence-electron chi connectivity index (χ2n) is 3.50. The topological polar surface area (TPSA) is 103 Å². The predicted octanol–water partition coefficient (Wildman–Crippen LogP) is 0.743. The predicted molar refractivity (Wildman–Crippen MR) is 63.5 cm³/mol. The number of halogens is 2. The van der Waals surface area contributed by atoms with E-state index >= 15 is 0 Å². The zero-order valence-corrected chi connectivity index (χ0v) is 9.96. The number of carbonyl (C=O) groups is 1. The summed E-state index contributed by atoms with van der Waals surface area (Å²) < 4.78 is 28.1. The van der Waals surface area contributed by atoms with Crippen LogP contribution < -0.4 is 16.0 Å². The number of alkyl halides is 2. The summed E-state index contributed by atoms with van der Waals surface area (Å²) in [6.45, 7) is -2.94. The van der Waals surface area contributed by atoms with Gasteiger partial charge in [0.1, 0.15) is 5.69 Å². The first-order valence-corrected chi connectivity index (χ1v) is 5.35. The highest BCUT2D eigenvalue weighted by Crippen LogP contribution is 2.17. The van der Waals surface area contributed by atoms with E-state index in [0.717, 1.165) is 0 Å². The summed E-state index contributed by atoms with van der Waals surface area (Å²) in [5.74, 6) is 4.42. The van der Waals surface area contributed by atoms with E-state index in [2.05, 4.69) is 19.7 Å². The normalized spacial score (nSPS) is 10.4. The standard InChI is InChI=1S/C11H9F2N5O2/c12-11(13)20-8-2-1-6(5-16-8)9-15-4-3-7(17-9)10(19)18-14/h1-5,11H,14H2,(H,18,19). The van der Waals surface area contributed by atoms with E-state index < -0.39 is 12.5 Å². The molecule has 2 aromatic rings. The second kappa shape index (κ2) is 5.97. The van der Waals surface area contributed by atoms with Gasteiger partial charge in [0.15, 0.2) is 5.82 Å². The number of amides is 1. The average Bonchev–Trinajstić information content (AvgIpc) is 2.47. The Morgan fingerprint density at radius 2 is 2.10 bits per heavy atom. The fourth-order valence-electron chi connectivity index (χ4n) is 1.37. The monoisotopic (exact) mass is 281 g/mol. The fraction of sp³-hybridized carbons (Fsp3) is 0.0909. The molecule has 2 rings (SSSR count). The van der Waals surface area contributed by atoms with Gasteiger partial charge in [-0.05, 0) is 12.1 Å². The Morgan fingerprint density at radius 3 is 2.70 bits per heavy atom. The number of hydrazine groups is 1. The van der Waals surface area contributed by atoms with E-state index in [1.165, 1.54) is 30.6 Å². The third-order valence-electron chi connectivity index (χ3n) is 2.22. The van der Waals surface area contributed by atoms with Crippen LogP contribution in [0.2, 0.25) is 0 Å². The number of pyridine rings is 1. The largest absolute Gasteiger partial charge is 0.417 e. The lowest BCUT2D eigenvalue weighted by Gasteiger charge is -2.05. The van der Waals surface area contributed by atoms with Crippen molar-refractivity contribution in [3.8, 4) is 17.3 Å². The molecule has 0 aliphatic rings. The van der Waals surface area contributed by atoms with Gasteiger partial charge in [-0.25, -0.2) is 20.8 Å². The van der Waals surface area contributed by atoms with Gasteiger partial charge in [-0.2, -0.15) is 8.78 Å². The maximum atomic E-state index is 12.0. The Balaban J connectivity index is 2.25. The number of nitrogen functional groups attached to an aromatic ring is 1. The zero-order chi connectivity index (χ0) is 14.5. The molecule has 0 atom stereocenters. The summed E-state index contributed by atoms with van der Waals surface area (Å²) in [4.78, 5) is 22.9. The number of hydrogen-bond donors (Lipinski definition) is 2. The van der Waals surface area contributed by atoms with Crippen LogP contribution in [0, 0.1) is 0 Å². The van der Waals surface area contributed by atoms with Crippen LogP contribution >= 0.6 is 0 Å². The van der Waals surface area contributed by atoms with Gasteiger partial charge in [-0.15, -0.1) is 0 Å². The first kappa shape index (κ1) is 13.7. The van der Waals surface area contributed by atoms with E-state index in [4.69, 9.17) is 5.84 Å². The molecular formula is C11H9F2N5O2. The van der Waals surface area contributed by atoms with Crippen LogP contribution in [0.15, 0.2) is 30.6 Å². The first-order valence-electron chi connectivity index (χ1n) is 5.35. The van der Waals surface area contributed by atoms with Crippen molar-refractivity contribution in [3.63, 3.8) is 0 Å². The number of rotatable bonds is 4. The van der Waals surface area contributed by atoms with Crippen molar-refractivity contribution in [3.05, 3.63) is 36.3 Å². The van der Waals surface area contributed by atoms with Crippen LogP contribution in [0.1, 0.15) is 10.5 Å². The molecule has 0 unspecified atom stereocenters.